The molecule has 12 heteroatoms. The van der Waals surface area contributed by atoms with Gasteiger partial charge in [-0.1, -0.05) is 18.2 Å². The molecule has 1 aliphatic heterocycles. The summed E-state index contributed by atoms with van der Waals surface area (Å²) < 4.78 is 93.7. The highest BCUT2D eigenvalue weighted by Crippen LogP contribution is 2.36. The number of anilines is 1. The van der Waals surface area contributed by atoms with Gasteiger partial charge in [0, 0.05) is 49.4 Å². The number of aromatic nitrogens is 2. The predicted molar refractivity (Wildman–Crippen MR) is 125 cm³/mol. The molecule has 0 atom stereocenters. The van der Waals surface area contributed by atoms with E-state index in [1.54, 1.807) is 32.0 Å². The van der Waals surface area contributed by atoms with Gasteiger partial charge in [-0.3, -0.25) is 4.79 Å². The predicted octanol–water partition coefficient (Wildman–Crippen LogP) is 5.82. The molecule has 202 valence electrons. The largest absolute Gasteiger partial charge is 0.416 e. The Morgan fingerprint density at radius 3 is 2.00 bits per heavy atom. The normalized spacial score (nSPS) is 14.7. The van der Waals surface area contributed by atoms with Crippen molar-refractivity contribution in [3.63, 3.8) is 0 Å². The van der Waals surface area contributed by atoms with Crippen LogP contribution >= 0.6 is 0 Å². The summed E-state index contributed by atoms with van der Waals surface area (Å²) in [5, 5.41) is 0. The van der Waals surface area contributed by atoms with E-state index in [4.69, 9.17) is 0 Å². The molecule has 38 heavy (non-hydrogen) atoms. The average molecular weight is 540 g/mol. The molecule has 1 aliphatic rings. The number of halogens is 7. The summed E-state index contributed by atoms with van der Waals surface area (Å²) in [6.07, 6.45) is -9.88. The third-order valence-electron chi connectivity index (χ3n) is 6.33. The molecule has 1 aromatic heterocycles. The number of nitrogens with zero attached hydrogens (tertiary/aromatic N) is 4. The Bertz CT molecular complexity index is 1310. The van der Waals surface area contributed by atoms with Crippen molar-refractivity contribution in [3.8, 4) is 0 Å². The first kappa shape index (κ1) is 27.3. The first-order chi connectivity index (χ1) is 17.7. The highest BCUT2D eigenvalue weighted by atomic mass is 19.4. The number of rotatable bonds is 4. The lowest BCUT2D eigenvalue weighted by Gasteiger charge is -2.36. The first-order valence-electron chi connectivity index (χ1n) is 11.7. The van der Waals surface area contributed by atoms with E-state index in [9.17, 15) is 35.5 Å². The number of carbonyl (C=O) groups excluding carboxylic acids is 1. The Labute approximate surface area is 213 Å². The zero-order valence-electron chi connectivity index (χ0n) is 20.4. The van der Waals surface area contributed by atoms with Crippen molar-refractivity contribution in [1.82, 2.24) is 14.9 Å². The molecule has 3 aromatic rings. The van der Waals surface area contributed by atoms with Gasteiger partial charge in [-0.05, 0) is 43.7 Å². The fourth-order valence-electron chi connectivity index (χ4n) is 4.40. The molecule has 0 bridgehead atoms. The van der Waals surface area contributed by atoms with Crippen molar-refractivity contribution >= 4 is 11.7 Å². The molecule has 1 fully saturated rings. The van der Waals surface area contributed by atoms with Crippen molar-refractivity contribution in [1.29, 1.82) is 0 Å². The second-order valence-electron chi connectivity index (χ2n) is 9.00. The van der Waals surface area contributed by atoms with E-state index in [-0.39, 0.29) is 44.5 Å². The maximum absolute atomic E-state index is 14.3. The summed E-state index contributed by atoms with van der Waals surface area (Å²) in [5.41, 5.74) is -1.98. The monoisotopic (exact) mass is 540 g/mol. The van der Waals surface area contributed by atoms with E-state index in [1.807, 2.05) is 4.90 Å². The van der Waals surface area contributed by atoms with Crippen LogP contribution in [0.5, 0.6) is 0 Å². The van der Waals surface area contributed by atoms with Gasteiger partial charge in [0.1, 0.15) is 17.5 Å². The summed E-state index contributed by atoms with van der Waals surface area (Å²) in [6.45, 7) is 4.00. The topological polar surface area (TPSA) is 49.3 Å². The van der Waals surface area contributed by atoms with Crippen LogP contribution in [0.4, 0.5) is 36.6 Å². The number of hydrogen-bond acceptors (Lipinski definition) is 4. The highest BCUT2D eigenvalue weighted by Gasteiger charge is 2.38. The van der Waals surface area contributed by atoms with Gasteiger partial charge >= 0.3 is 12.4 Å². The first-order valence-corrected chi connectivity index (χ1v) is 11.7. The van der Waals surface area contributed by atoms with Crippen LogP contribution < -0.4 is 4.90 Å². The van der Waals surface area contributed by atoms with E-state index >= 15 is 0 Å². The minimum absolute atomic E-state index is 0.00834. The molecule has 4 rings (SSSR count). The second kappa shape index (κ2) is 10.2. The smallest absolute Gasteiger partial charge is 0.353 e. The molecule has 0 aliphatic carbocycles. The van der Waals surface area contributed by atoms with Crippen LogP contribution in [0.25, 0.3) is 0 Å². The summed E-state index contributed by atoms with van der Waals surface area (Å²) in [6, 6.07) is 7.16. The number of carbonyl (C=O) groups is 1. The van der Waals surface area contributed by atoms with Gasteiger partial charge in [-0.25, -0.2) is 14.4 Å². The zero-order chi connectivity index (χ0) is 27.8. The number of aryl methyl sites for hydroxylation is 2. The van der Waals surface area contributed by atoms with Crippen molar-refractivity contribution in [2.45, 2.75) is 32.6 Å². The molecule has 2 aromatic carbocycles. The van der Waals surface area contributed by atoms with Gasteiger partial charge in [0.15, 0.2) is 0 Å². The summed E-state index contributed by atoms with van der Waals surface area (Å²) in [4.78, 5) is 24.9. The third-order valence-corrected chi connectivity index (χ3v) is 6.33. The van der Waals surface area contributed by atoms with Crippen LogP contribution in [0.1, 0.15) is 44.1 Å². The van der Waals surface area contributed by atoms with Gasteiger partial charge in [0.25, 0.3) is 5.91 Å². The Hall–Kier alpha value is -3.70. The Morgan fingerprint density at radius 1 is 0.868 bits per heavy atom. The van der Waals surface area contributed by atoms with E-state index in [0.29, 0.717) is 40.6 Å². The van der Waals surface area contributed by atoms with E-state index in [2.05, 4.69) is 9.97 Å². The van der Waals surface area contributed by atoms with Crippen LogP contribution in [-0.2, 0) is 18.8 Å². The van der Waals surface area contributed by atoms with Crippen LogP contribution in [0, 0.1) is 19.7 Å². The Kier molecular flexibility index (Phi) is 7.35. The van der Waals surface area contributed by atoms with Crippen molar-refractivity contribution in [2.24, 2.45) is 0 Å². The molecular weight excluding hydrogens is 517 g/mol. The molecule has 0 radical (unpaired) electrons. The minimum Gasteiger partial charge on any atom is -0.353 e. The number of hydrogen-bond donors (Lipinski definition) is 0. The molecular formula is C26H23F7N4O. The average Bonchev–Trinajstić information content (AvgIpc) is 2.85. The lowest BCUT2D eigenvalue weighted by molar-refractivity contribution is -0.143. The summed E-state index contributed by atoms with van der Waals surface area (Å²) in [5.74, 6) is -0.281. The maximum Gasteiger partial charge on any atom is 0.416 e. The molecule has 2 heterocycles. The molecule has 0 spiro atoms. The van der Waals surface area contributed by atoms with Crippen LogP contribution in [-0.4, -0.2) is 47.0 Å². The molecule has 5 nitrogen and oxygen atoms in total. The van der Waals surface area contributed by atoms with Gasteiger partial charge in [0.2, 0.25) is 0 Å². The molecule has 0 saturated carbocycles. The quantitative estimate of drug-likeness (QED) is 0.392. The summed E-state index contributed by atoms with van der Waals surface area (Å²) in [7, 11) is 0. The minimum atomic E-state index is -5.05. The lowest BCUT2D eigenvalue weighted by Crippen LogP contribution is -2.49. The number of alkyl halides is 6. The SMILES string of the molecule is Cc1nc(C)c(Cc2ccccc2F)c(N2CCN(C(=O)c3cc(C(F)(F)F)cc(C(F)(F)F)c3)CC2)n1. The molecule has 1 amide bonds. The number of benzene rings is 2. The van der Waals surface area contributed by atoms with Crippen LogP contribution in [0.2, 0.25) is 0 Å². The van der Waals surface area contributed by atoms with Crippen molar-refractivity contribution < 1.29 is 35.5 Å². The van der Waals surface area contributed by atoms with Crippen molar-refractivity contribution in [2.75, 3.05) is 31.1 Å². The van der Waals surface area contributed by atoms with Gasteiger partial charge < -0.3 is 9.80 Å². The highest BCUT2D eigenvalue weighted by molar-refractivity contribution is 5.95. The fraction of sp³-hybridized carbons (Fsp3) is 0.346. The lowest BCUT2D eigenvalue weighted by atomic mass is 10.0. The number of piperazine rings is 1. The zero-order valence-corrected chi connectivity index (χ0v) is 20.4. The van der Waals surface area contributed by atoms with E-state index in [0.717, 1.165) is 0 Å². The molecule has 0 unspecified atom stereocenters. The van der Waals surface area contributed by atoms with Crippen LogP contribution in [0.3, 0.4) is 0 Å². The third kappa shape index (κ3) is 5.89. The van der Waals surface area contributed by atoms with E-state index < -0.39 is 35.0 Å². The van der Waals surface area contributed by atoms with Gasteiger partial charge in [-0.15, -0.1) is 0 Å². The second-order valence-corrected chi connectivity index (χ2v) is 9.00. The fourth-order valence-corrected chi connectivity index (χ4v) is 4.40. The van der Waals surface area contributed by atoms with Crippen molar-refractivity contribution in [3.05, 3.63) is 87.6 Å². The van der Waals surface area contributed by atoms with Gasteiger partial charge in [-0.2, -0.15) is 26.3 Å². The maximum atomic E-state index is 14.3. The summed E-state index contributed by atoms with van der Waals surface area (Å²) >= 11 is 0. The standard InChI is InChI=1S/C26H23F7N4O/c1-15-21(13-17-5-3-4-6-22(17)27)23(35-16(2)34-15)36-7-9-37(10-8-36)24(38)18-11-19(25(28,29)30)14-20(12-18)26(31,32)33/h3-6,11-12,14H,7-10,13H2,1-2H3. The van der Waals surface area contributed by atoms with E-state index in [1.165, 1.54) is 11.0 Å². The Balaban J connectivity index is 1.57. The Morgan fingerprint density at radius 2 is 1.45 bits per heavy atom. The van der Waals surface area contributed by atoms with Gasteiger partial charge in [0.05, 0.1) is 11.1 Å². The molecule has 1 saturated heterocycles. The van der Waals surface area contributed by atoms with Crippen LogP contribution in [0.15, 0.2) is 42.5 Å². The molecule has 0 N–H and O–H groups in total. The number of amides is 1.